The zero-order valence-electron chi connectivity index (χ0n) is 10.1. The van der Waals surface area contributed by atoms with E-state index in [9.17, 15) is 4.79 Å². The standard InChI is InChI=1S/C13H9Br2N3OS/c14-10-5-16-12(11(15)17-10)18-13(19)8-6-20-9-4-2-1-3-7(8)9/h1-5,8H,6H2,(H,16,18,19). The number of aromatic nitrogens is 2. The molecule has 20 heavy (non-hydrogen) atoms. The van der Waals surface area contributed by atoms with Crippen molar-refractivity contribution >= 4 is 55.3 Å². The molecule has 2 heterocycles. The number of benzene rings is 1. The van der Waals surface area contributed by atoms with E-state index in [2.05, 4.69) is 47.1 Å². The fourth-order valence-electron chi connectivity index (χ4n) is 2.01. The molecule has 0 bridgehead atoms. The van der Waals surface area contributed by atoms with Gasteiger partial charge in [0.1, 0.15) is 9.21 Å². The fourth-order valence-corrected chi connectivity index (χ4v) is 4.15. The molecule has 1 aliphatic heterocycles. The Balaban J connectivity index is 1.81. The van der Waals surface area contributed by atoms with Gasteiger partial charge in [0.05, 0.1) is 12.1 Å². The van der Waals surface area contributed by atoms with Crippen molar-refractivity contribution in [1.29, 1.82) is 0 Å². The van der Waals surface area contributed by atoms with Gasteiger partial charge >= 0.3 is 0 Å². The Morgan fingerprint density at radius 3 is 2.95 bits per heavy atom. The predicted molar refractivity (Wildman–Crippen MR) is 86.0 cm³/mol. The summed E-state index contributed by atoms with van der Waals surface area (Å²) in [6, 6.07) is 7.99. The van der Waals surface area contributed by atoms with Gasteiger partial charge in [-0.15, -0.1) is 11.8 Å². The van der Waals surface area contributed by atoms with Crippen molar-refractivity contribution in [2.24, 2.45) is 0 Å². The number of carbonyl (C=O) groups excluding carboxylic acids is 1. The second kappa shape index (κ2) is 5.83. The molecule has 1 N–H and O–H groups in total. The molecule has 102 valence electrons. The zero-order valence-corrected chi connectivity index (χ0v) is 14.1. The highest BCUT2D eigenvalue weighted by Crippen LogP contribution is 2.39. The Labute approximate surface area is 137 Å². The number of nitrogens with one attached hydrogen (secondary N) is 1. The lowest BCUT2D eigenvalue weighted by Gasteiger charge is -2.11. The Morgan fingerprint density at radius 1 is 1.35 bits per heavy atom. The predicted octanol–water partition coefficient (Wildman–Crippen LogP) is 3.83. The molecule has 2 aromatic rings. The molecule has 7 heteroatoms. The van der Waals surface area contributed by atoms with Gasteiger partial charge in [-0.05, 0) is 43.5 Å². The first-order chi connectivity index (χ1) is 9.65. The zero-order chi connectivity index (χ0) is 14.1. The minimum atomic E-state index is -0.145. The average Bonchev–Trinajstić information content (AvgIpc) is 2.86. The van der Waals surface area contributed by atoms with Gasteiger partial charge in [0, 0.05) is 10.6 Å². The molecule has 1 amide bonds. The van der Waals surface area contributed by atoms with Gasteiger partial charge in [-0.3, -0.25) is 4.79 Å². The van der Waals surface area contributed by atoms with Crippen LogP contribution in [0.2, 0.25) is 0 Å². The minimum Gasteiger partial charge on any atom is -0.308 e. The highest BCUT2D eigenvalue weighted by Gasteiger charge is 2.29. The third-order valence-electron chi connectivity index (χ3n) is 2.96. The second-order valence-corrected chi connectivity index (χ2v) is 6.85. The Kier molecular flexibility index (Phi) is 4.09. The SMILES string of the molecule is O=C(Nc1ncc(Br)nc1Br)C1CSc2ccccc21. The number of nitrogens with zero attached hydrogens (tertiary/aromatic N) is 2. The molecule has 0 aliphatic carbocycles. The molecule has 0 radical (unpaired) electrons. The summed E-state index contributed by atoms with van der Waals surface area (Å²) in [4.78, 5) is 21.9. The second-order valence-electron chi connectivity index (χ2n) is 4.22. The molecule has 1 aromatic carbocycles. The molecule has 1 atom stereocenters. The maximum atomic E-state index is 12.4. The summed E-state index contributed by atoms with van der Waals surface area (Å²) in [6.45, 7) is 0. The summed E-state index contributed by atoms with van der Waals surface area (Å²) in [6.07, 6.45) is 1.55. The van der Waals surface area contributed by atoms with E-state index in [1.807, 2.05) is 24.3 Å². The molecule has 0 spiro atoms. The number of anilines is 1. The monoisotopic (exact) mass is 413 g/mol. The van der Waals surface area contributed by atoms with E-state index in [1.165, 1.54) is 4.90 Å². The van der Waals surface area contributed by atoms with E-state index in [0.717, 1.165) is 11.3 Å². The van der Waals surface area contributed by atoms with Crippen LogP contribution in [0.3, 0.4) is 0 Å². The van der Waals surface area contributed by atoms with Crippen LogP contribution in [0.25, 0.3) is 0 Å². The normalized spacial score (nSPS) is 16.8. The lowest BCUT2D eigenvalue weighted by atomic mass is 10.0. The molecule has 0 saturated heterocycles. The van der Waals surface area contributed by atoms with Crippen LogP contribution < -0.4 is 5.32 Å². The third kappa shape index (κ3) is 2.75. The topological polar surface area (TPSA) is 54.9 Å². The summed E-state index contributed by atoms with van der Waals surface area (Å²) in [5.41, 5.74) is 1.08. The lowest BCUT2D eigenvalue weighted by molar-refractivity contribution is -0.117. The number of thioether (sulfide) groups is 1. The molecule has 1 aromatic heterocycles. The molecule has 4 nitrogen and oxygen atoms in total. The van der Waals surface area contributed by atoms with Crippen molar-refractivity contribution in [3.63, 3.8) is 0 Å². The minimum absolute atomic E-state index is 0.0558. The van der Waals surface area contributed by atoms with E-state index >= 15 is 0 Å². The molecular weight excluding hydrogens is 406 g/mol. The van der Waals surface area contributed by atoms with E-state index in [-0.39, 0.29) is 11.8 Å². The van der Waals surface area contributed by atoms with E-state index in [4.69, 9.17) is 0 Å². The van der Waals surface area contributed by atoms with Crippen LogP contribution in [0, 0.1) is 0 Å². The maximum absolute atomic E-state index is 12.4. The summed E-state index contributed by atoms with van der Waals surface area (Å²) >= 11 is 8.23. The van der Waals surface area contributed by atoms with Crippen LogP contribution in [-0.2, 0) is 4.79 Å². The van der Waals surface area contributed by atoms with Gasteiger partial charge in [0.2, 0.25) is 5.91 Å². The first-order valence-corrected chi connectivity index (χ1v) is 8.43. The third-order valence-corrected chi connectivity index (χ3v) is 5.08. The van der Waals surface area contributed by atoms with Gasteiger partial charge in [-0.25, -0.2) is 9.97 Å². The van der Waals surface area contributed by atoms with Crippen molar-refractivity contribution in [2.45, 2.75) is 10.8 Å². The number of amides is 1. The highest BCUT2D eigenvalue weighted by molar-refractivity contribution is 9.11. The number of hydrogen-bond donors (Lipinski definition) is 1. The maximum Gasteiger partial charge on any atom is 0.234 e. The summed E-state index contributed by atoms with van der Waals surface area (Å²) < 4.78 is 1.13. The van der Waals surface area contributed by atoms with Crippen molar-refractivity contribution < 1.29 is 4.79 Å². The number of halogens is 2. The van der Waals surface area contributed by atoms with Gasteiger partial charge in [0.25, 0.3) is 0 Å². The van der Waals surface area contributed by atoms with Crippen molar-refractivity contribution in [2.75, 3.05) is 11.1 Å². The summed E-state index contributed by atoms with van der Waals surface area (Å²) in [5, 5.41) is 2.83. The van der Waals surface area contributed by atoms with Crippen LogP contribution in [0.5, 0.6) is 0 Å². The number of hydrogen-bond acceptors (Lipinski definition) is 4. The van der Waals surface area contributed by atoms with Crippen LogP contribution in [0.15, 0.2) is 44.6 Å². The Hall–Kier alpha value is -0.920. The first kappa shape index (κ1) is 14.0. The van der Waals surface area contributed by atoms with Gasteiger partial charge < -0.3 is 5.32 Å². The first-order valence-electron chi connectivity index (χ1n) is 5.86. The van der Waals surface area contributed by atoms with Crippen molar-refractivity contribution in [3.8, 4) is 0 Å². The summed E-state index contributed by atoms with van der Waals surface area (Å²) in [7, 11) is 0. The van der Waals surface area contributed by atoms with Gasteiger partial charge in [0.15, 0.2) is 5.82 Å². The van der Waals surface area contributed by atoms with Gasteiger partial charge in [-0.1, -0.05) is 18.2 Å². The van der Waals surface area contributed by atoms with Crippen LogP contribution in [-0.4, -0.2) is 21.6 Å². The number of fused-ring (bicyclic) bond motifs is 1. The van der Waals surface area contributed by atoms with Crippen LogP contribution >= 0.6 is 43.6 Å². The van der Waals surface area contributed by atoms with E-state index in [1.54, 1.807) is 18.0 Å². The van der Waals surface area contributed by atoms with E-state index < -0.39 is 0 Å². The molecule has 0 fully saturated rings. The molecular formula is C13H9Br2N3OS. The quantitative estimate of drug-likeness (QED) is 0.811. The number of rotatable bonds is 2. The van der Waals surface area contributed by atoms with E-state index in [0.29, 0.717) is 15.0 Å². The molecule has 3 rings (SSSR count). The average molecular weight is 415 g/mol. The Bertz CT molecular complexity index is 680. The Morgan fingerprint density at radius 2 is 2.15 bits per heavy atom. The summed E-state index contributed by atoms with van der Waals surface area (Å²) in [5.74, 6) is 0.994. The molecule has 0 saturated carbocycles. The van der Waals surface area contributed by atoms with Gasteiger partial charge in [-0.2, -0.15) is 0 Å². The van der Waals surface area contributed by atoms with Crippen molar-refractivity contribution in [1.82, 2.24) is 9.97 Å². The fraction of sp³-hybridized carbons (Fsp3) is 0.154. The van der Waals surface area contributed by atoms with Crippen LogP contribution in [0.1, 0.15) is 11.5 Å². The van der Waals surface area contributed by atoms with Crippen LogP contribution in [0.4, 0.5) is 5.82 Å². The molecule has 1 aliphatic rings. The largest absolute Gasteiger partial charge is 0.308 e. The lowest BCUT2D eigenvalue weighted by Crippen LogP contribution is -2.22. The molecule has 1 unspecified atom stereocenters. The smallest absolute Gasteiger partial charge is 0.234 e. The highest BCUT2D eigenvalue weighted by atomic mass is 79.9. The number of carbonyl (C=O) groups is 1. The van der Waals surface area contributed by atoms with Crippen molar-refractivity contribution in [3.05, 3.63) is 45.2 Å².